The normalized spacial score (nSPS) is 29.0. The van der Waals surface area contributed by atoms with Gasteiger partial charge in [0.15, 0.2) is 23.8 Å². The van der Waals surface area contributed by atoms with Crippen LogP contribution in [-0.4, -0.2) is 70.3 Å². The molecule has 5 atom stereocenters. The number of nitrogens with zero attached hydrogens (tertiary/aromatic N) is 4. The third-order valence-corrected chi connectivity index (χ3v) is 3.70. The first kappa shape index (κ1) is 15.8. The van der Waals surface area contributed by atoms with Crippen LogP contribution in [0.3, 0.4) is 0 Å². The third kappa shape index (κ3) is 2.48. The molecule has 0 radical (unpaired) electrons. The number of nitrogen functional groups attached to an aromatic ring is 1. The number of aliphatic hydroxyl groups is 3. The van der Waals surface area contributed by atoms with Crippen LogP contribution in [0, 0.1) is 0 Å². The summed E-state index contributed by atoms with van der Waals surface area (Å²) in [7, 11) is 0. The molecule has 1 aliphatic rings. The molecule has 2 aromatic heterocycles. The van der Waals surface area contributed by atoms with Gasteiger partial charge in [0, 0.05) is 0 Å². The van der Waals surface area contributed by atoms with Crippen LogP contribution in [0.25, 0.3) is 11.2 Å². The van der Waals surface area contributed by atoms with Crippen molar-refractivity contribution in [3.05, 3.63) is 11.6 Å². The molecule has 0 amide bonds. The van der Waals surface area contributed by atoms with Crippen molar-refractivity contribution in [1.82, 2.24) is 19.5 Å². The Labute approximate surface area is 132 Å². The van der Waals surface area contributed by atoms with E-state index in [1.54, 1.807) is 0 Å². The molecule has 1 aliphatic heterocycles. The summed E-state index contributed by atoms with van der Waals surface area (Å²) in [5, 5.41) is 38.2. The lowest BCUT2D eigenvalue weighted by molar-refractivity contribution is -0.160. The number of rotatable bonds is 3. The molecule has 23 heavy (non-hydrogen) atoms. The van der Waals surface area contributed by atoms with Crippen molar-refractivity contribution in [1.29, 1.82) is 0 Å². The van der Waals surface area contributed by atoms with Gasteiger partial charge in [-0.1, -0.05) is 0 Å². The number of hydrogen-bond donors (Lipinski definition) is 5. The topological polar surface area (TPSA) is 177 Å². The lowest BCUT2D eigenvalue weighted by Gasteiger charge is -2.17. The van der Waals surface area contributed by atoms with E-state index >= 15 is 0 Å². The largest absolute Gasteiger partial charge is 0.479 e. The van der Waals surface area contributed by atoms with Crippen LogP contribution in [-0.2, 0) is 9.53 Å². The SMILES string of the molecule is Nc1nc(Cl)nc2c1ncn2[C@@H]1O[C@H](C(O)C(=O)O)[C@@H](O)[C@H]1O. The second kappa shape index (κ2) is 5.54. The minimum Gasteiger partial charge on any atom is -0.479 e. The van der Waals surface area contributed by atoms with Crippen LogP contribution in [0.1, 0.15) is 6.23 Å². The first-order valence-electron chi connectivity index (χ1n) is 6.39. The van der Waals surface area contributed by atoms with Gasteiger partial charge in [-0.05, 0) is 11.6 Å². The van der Waals surface area contributed by atoms with Crippen molar-refractivity contribution in [2.45, 2.75) is 30.6 Å². The van der Waals surface area contributed by atoms with Gasteiger partial charge in [-0.2, -0.15) is 9.97 Å². The van der Waals surface area contributed by atoms with E-state index in [0.717, 1.165) is 0 Å². The highest BCUT2D eigenvalue weighted by Crippen LogP contribution is 2.33. The molecule has 0 bridgehead atoms. The van der Waals surface area contributed by atoms with Gasteiger partial charge in [-0.3, -0.25) is 4.57 Å². The van der Waals surface area contributed by atoms with Crippen molar-refractivity contribution < 1.29 is 30.0 Å². The molecule has 3 rings (SSSR count). The number of ether oxygens (including phenoxy) is 1. The molecule has 0 aliphatic carbocycles. The lowest BCUT2D eigenvalue weighted by atomic mass is 10.1. The average Bonchev–Trinajstić information content (AvgIpc) is 3.01. The first-order chi connectivity index (χ1) is 10.8. The smallest absolute Gasteiger partial charge is 0.335 e. The summed E-state index contributed by atoms with van der Waals surface area (Å²) < 4.78 is 6.51. The van der Waals surface area contributed by atoms with E-state index < -0.39 is 36.6 Å². The highest BCUT2D eigenvalue weighted by Gasteiger charge is 2.49. The van der Waals surface area contributed by atoms with Gasteiger partial charge in [-0.15, -0.1) is 0 Å². The number of aliphatic carboxylic acids is 1. The summed E-state index contributed by atoms with van der Waals surface area (Å²) in [5.41, 5.74) is 5.99. The van der Waals surface area contributed by atoms with Crippen LogP contribution in [0.15, 0.2) is 6.33 Å². The molecule has 0 spiro atoms. The summed E-state index contributed by atoms with van der Waals surface area (Å²) >= 11 is 5.73. The maximum atomic E-state index is 10.8. The molecule has 11 nitrogen and oxygen atoms in total. The number of hydrogen-bond acceptors (Lipinski definition) is 9. The summed E-state index contributed by atoms with van der Waals surface area (Å²) in [6, 6.07) is 0. The minimum atomic E-state index is -2.01. The highest BCUT2D eigenvalue weighted by atomic mass is 35.5. The van der Waals surface area contributed by atoms with Crippen LogP contribution < -0.4 is 5.73 Å². The second-order valence-corrected chi connectivity index (χ2v) is 5.30. The molecule has 6 N–H and O–H groups in total. The maximum Gasteiger partial charge on any atom is 0.335 e. The van der Waals surface area contributed by atoms with E-state index in [0.29, 0.717) is 0 Å². The van der Waals surface area contributed by atoms with Gasteiger partial charge in [0.2, 0.25) is 5.28 Å². The van der Waals surface area contributed by atoms with E-state index in [9.17, 15) is 20.1 Å². The summed E-state index contributed by atoms with van der Waals surface area (Å²) in [4.78, 5) is 22.5. The van der Waals surface area contributed by atoms with Gasteiger partial charge in [0.25, 0.3) is 0 Å². The fraction of sp³-hybridized carbons (Fsp3) is 0.455. The highest BCUT2D eigenvalue weighted by molar-refractivity contribution is 6.28. The molecule has 3 heterocycles. The molecular weight excluding hydrogens is 334 g/mol. The van der Waals surface area contributed by atoms with E-state index in [1.807, 2.05) is 0 Å². The van der Waals surface area contributed by atoms with Crippen molar-refractivity contribution in [2.75, 3.05) is 5.73 Å². The minimum absolute atomic E-state index is 0.00825. The molecule has 0 aromatic carbocycles. The second-order valence-electron chi connectivity index (χ2n) is 4.96. The number of imidazole rings is 1. The number of fused-ring (bicyclic) bond motifs is 1. The molecule has 1 saturated heterocycles. The van der Waals surface area contributed by atoms with Crippen LogP contribution >= 0.6 is 11.6 Å². The molecule has 0 saturated carbocycles. The van der Waals surface area contributed by atoms with Crippen LogP contribution in [0.4, 0.5) is 5.82 Å². The Morgan fingerprint density at radius 3 is 2.74 bits per heavy atom. The zero-order valence-electron chi connectivity index (χ0n) is 11.3. The Hall–Kier alpha value is -2.05. The Balaban J connectivity index is 2.01. The van der Waals surface area contributed by atoms with Gasteiger partial charge in [-0.25, -0.2) is 9.78 Å². The fourth-order valence-electron chi connectivity index (χ4n) is 2.41. The summed E-state index contributed by atoms with van der Waals surface area (Å²) in [6.07, 6.45) is -6.71. The standard InChI is InChI=1S/C11H12ClN5O6/c12-11-15-7(13)2-8(16-11)17(1-14-2)9-4(19)3(18)6(23-9)5(20)10(21)22/h1,3-6,9,18-20H,(H,21,22)(H2,13,15,16)/t3-,4+,5?,6-,9+/m0/s1. The van der Waals surface area contributed by atoms with Crippen LogP contribution in [0.5, 0.6) is 0 Å². The number of nitrogens with two attached hydrogens (primary N) is 1. The van der Waals surface area contributed by atoms with Crippen LogP contribution in [0.2, 0.25) is 5.28 Å². The fourth-order valence-corrected chi connectivity index (χ4v) is 2.58. The number of carboxylic acids is 1. The Morgan fingerprint density at radius 1 is 1.39 bits per heavy atom. The number of anilines is 1. The van der Waals surface area contributed by atoms with Crippen molar-refractivity contribution in [2.24, 2.45) is 0 Å². The number of carboxylic acid groups (broad SMARTS) is 1. The predicted octanol–water partition coefficient (Wildman–Crippen LogP) is -1.87. The Morgan fingerprint density at radius 2 is 2.09 bits per heavy atom. The molecule has 124 valence electrons. The number of aliphatic hydroxyl groups excluding tert-OH is 3. The van der Waals surface area contributed by atoms with Gasteiger partial charge in [0.1, 0.15) is 23.8 Å². The summed E-state index contributed by atoms with van der Waals surface area (Å²) in [5.74, 6) is -1.58. The predicted molar refractivity (Wildman–Crippen MR) is 74.3 cm³/mol. The number of aromatic nitrogens is 4. The van der Waals surface area contributed by atoms with Crippen molar-refractivity contribution >= 4 is 34.6 Å². The van der Waals surface area contributed by atoms with E-state index in [4.69, 9.17) is 27.2 Å². The molecule has 1 unspecified atom stereocenters. The molecule has 12 heteroatoms. The quantitative estimate of drug-likeness (QED) is 0.396. The molecular formula is C11H12ClN5O6. The number of carbonyl (C=O) groups is 1. The maximum absolute atomic E-state index is 10.8. The molecule has 1 fully saturated rings. The van der Waals surface area contributed by atoms with Crippen molar-refractivity contribution in [3.63, 3.8) is 0 Å². The first-order valence-corrected chi connectivity index (χ1v) is 6.77. The monoisotopic (exact) mass is 345 g/mol. The third-order valence-electron chi connectivity index (χ3n) is 3.53. The van der Waals surface area contributed by atoms with Crippen molar-refractivity contribution in [3.8, 4) is 0 Å². The van der Waals surface area contributed by atoms with E-state index in [-0.39, 0.29) is 22.3 Å². The zero-order valence-corrected chi connectivity index (χ0v) is 12.1. The summed E-state index contributed by atoms with van der Waals surface area (Å²) in [6.45, 7) is 0. The van der Waals surface area contributed by atoms with Gasteiger partial charge >= 0.3 is 5.97 Å². The Kier molecular flexibility index (Phi) is 3.82. The van der Waals surface area contributed by atoms with Gasteiger partial charge < -0.3 is 30.9 Å². The zero-order chi connectivity index (χ0) is 16.9. The van der Waals surface area contributed by atoms with E-state index in [1.165, 1.54) is 10.9 Å². The average molecular weight is 346 g/mol. The molecule has 2 aromatic rings. The van der Waals surface area contributed by atoms with E-state index in [2.05, 4.69) is 15.0 Å². The number of halogens is 1. The Bertz CT molecular complexity index is 769. The lowest BCUT2D eigenvalue weighted by Crippen LogP contribution is -2.42. The van der Waals surface area contributed by atoms with Gasteiger partial charge in [0.05, 0.1) is 6.33 Å².